The van der Waals surface area contributed by atoms with E-state index in [9.17, 15) is 18.0 Å². The van der Waals surface area contributed by atoms with E-state index in [2.05, 4.69) is 10.6 Å². The van der Waals surface area contributed by atoms with Crippen LogP contribution in [0.25, 0.3) is 0 Å². The number of hydrogen-bond acceptors (Lipinski definition) is 3. The summed E-state index contributed by atoms with van der Waals surface area (Å²) in [6, 6.07) is 5.42. The lowest BCUT2D eigenvalue weighted by Gasteiger charge is -2.27. The fourth-order valence-electron chi connectivity index (χ4n) is 1.78. The molecule has 0 unspecified atom stereocenters. The Morgan fingerprint density at radius 2 is 1.84 bits per heavy atom. The zero-order valence-corrected chi connectivity index (χ0v) is 15.0. The van der Waals surface area contributed by atoms with E-state index in [4.69, 9.17) is 50.8 Å². The summed E-state index contributed by atoms with van der Waals surface area (Å²) in [5.41, 5.74) is -1.13. The van der Waals surface area contributed by atoms with Crippen LogP contribution in [0.15, 0.2) is 41.0 Å². The number of hydrogen-bond donors (Lipinski definition) is 2. The fraction of sp³-hybridized carbons (Fsp3) is 0.214. The molecule has 0 aliphatic carbocycles. The number of carbonyl (C=O) groups is 1. The lowest BCUT2D eigenvalue weighted by atomic mass is 10.2. The second-order valence-electron chi connectivity index (χ2n) is 4.76. The van der Waals surface area contributed by atoms with Crippen LogP contribution in [-0.2, 0) is 6.18 Å². The van der Waals surface area contributed by atoms with E-state index in [0.29, 0.717) is 0 Å². The molecular weight excluding hydrogens is 427 g/mol. The van der Waals surface area contributed by atoms with E-state index in [1.54, 1.807) is 0 Å². The van der Waals surface area contributed by atoms with Gasteiger partial charge in [0.05, 0.1) is 22.5 Å². The summed E-state index contributed by atoms with van der Waals surface area (Å²) in [7, 11) is 0. The number of benzene rings is 1. The molecule has 0 aliphatic heterocycles. The van der Waals surface area contributed by atoms with Gasteiger partial charge in [-0.1, -0.05) is 46.4 Å². The number of rotatable bonds is 4. The molecule has 136 valence electrons. The molecule has 2 aromatic rings. The van der Waals surface area contributed by atoms with Gasteiger partial charge in [0.2, 0.25) is 3.79 Å². The lowest BCUT2D eigenvalue weighted by Crippen LogP contribution is -2.49. The molecule has 0 fully saturated rings. The summed E-state index contributed by atoms with van der Waals surface area (Å²) >= 11 is 23.3. The highest BCUT2D eigenvalue weighted by molar-refractivity contribution is 6.68. The molecule has 1 atom stereocenters. The van der Waals surface area contributed by atoms with Crippen LogP contribution in [0.3, 0.4) is 0 Å². The summed E-state index contributed by atoms with van der Waals surface area (Å²) in [6.45, 7) is 0. The van der Waals surface area contributed by atoms with Crippen molar-refractivity contribution in [2.24, 2.45) is 0 Å². The van der Waals surface area contributed by atoms with Crippen LogP contribution in [0.2, 0.25) is 5.02 Å². The number of furan rings is 1. The molecule has 0 saturated heterocycles. The van der Waals surface area contributed by atoms with Gasteiger partial charge in [0.25, 0.3) is 5.91 Å². The maximum Gasteiger partial charge on any atom is 0.416 e. The summed E-state index contributed by atoms with van der Waals surface area (Å²) in [6.07, 6.45) is -4.72. The molecule has 0 spiro atoms. The van der Waals surface area contributed by atoms with Crippen LogP contribution in [0.5, 0.6) is 0 Å². The van der Waals surface area contributed by atoms with Crippen LogP contribution in [0, 0.1) is 0 Å². The molecule has 2 rings (SSSR count). The van der Waals surface area contributed by atoms with E-state index >= 15 is 0 Å². The highest BCUT2D eigenvalue weighted by Crippen LogP contribution is 2.36. The molecule has 2 N–H and O–H groups in total. The first-order valence-electron chi connectivity index (χ1n) is 6.53. The van der Waals surface area contributed by atoms with Crippen molar-refractivity contribution in [3.05, 3.63) is 52.9 Å². The third-order valence-electron chi connectivity index (χ3n) is 2.94. The van der Waals surface area contributed by atoms with E-state index in [1.165, 1.54) is 18.4 Å². The monoisotopic (exact) mass is 434 g/mol. The van der Waals surface area contributed by atoms with Crippen molar-refractivity contribution in [3.8, 4) is 0 Å². The van der Waals surface area contributed by atoms with Crippen LogP contribution < -0.4 is 10.6 Å². The number of carbonyl (C=O) groups excluding carboxylic acids is 1. The van der Waals surface area contributed by atoms with Gasteiger partial charge in [-0.05, 0) is 30.3 Å². The van der Waals surface area contributed by atoms with Gasteiger partial charge in [-0.25, -0.2) is 0 Å². The molecule has 1 aromatic heterocycles. The number of anilines is 1. The van der Waals surface area contributed by atoms with Crippen LogP contribution in [0.4, 0.5) is 18.9 Å². The van der Waals surface area contributed by atoms with E-state index in [1.807, 2.05) is 0 Å². The predicted molar refractivity (Wildman–Crippen MR) is 90.3 cm³/mol. The Labute approximate surface area is 160 Å². The minimum Gasteiger partial charge on any atom is -0.459 e. The van der Waals surface area contributed by atoms with Crippen molar-refractivity contribution in [1.82, 2.24) is 5.32 Å². The SMILES string of the molecule is O=C(N[C@@H](Nc1cc(C(F)(F)F)ccc1Cl)C(Cl)(Cl)Cl)c1ccco1. The van der Waals surface area contributed by atoms with Gasteiger partial charge in [0.1, 0.15) is 6.17 Å². The van der Waals surface area contributed by atoms with E-state index in [0.717, 1.165) is 18.2 Å². The molecule has 1 amide bonds. The zero-order valence-electron chi connectivity index (χ0n) is 12.0. The van der Waals surface area contributed by atoms with E-state index < -0.39 is 27.6 Å². The molecule has 4 nitrogen and oxygen atoms in total. The fourth-order valence-corrected chi connectivity index (χ4v) is 2.28. The number of nitrogens with one attached hydrogen (secondary N) is 2. The average molecular weight is 436 g/mol. The summed E-state index contributed by atoms with van der Waals surface area (Å²) in [4.78, 5) is 12.0. The Kier molecular flexibility index (Phi) is 6.04. The lowest BCUT2D eigenvalue weighted by molar-refractivity contribution is -0.137. The Morgan fingerprint density at radius 1 is 1.16 bits per heavy atom. The minimum atomic E-state index is -4.59. The van der Waals surface area contributed by atoms with Gasteiger partial charge >= 0.3 is 6.18 Å². The van der Waals surface area contributed by atoms with E-state index in [-0.39, 0.29) is 16.5 Å². The first-order chi connectivity index (χ1) is 11.5. The molecule has 1 heterocycles. The Hall–Kier alpha value is -1.28. The smallest absolute Gasteiger partial charge is 0.416 e. The Bertz CT molecular complexity index is 746. The molecule has 1 aromatic carbocycles. The second kappa shape index (κ2) is 7.53. The molecule has 25 heavy (non-hydrogen) atoms. The van der Waals surface area contributed by atoms with Gasteiger partial charge in [0, 0.05) is 0 Å². The summed E-state index contributed by atoms with van der Waals surface area (Å²) in [5, 5.41) is 4.75. The maximum absolute atomic E-state index is 12.8. The van der Waals surface area contributed by atoms with Crippen LogP contribution >= 0.6 is 46.4 Å². The summed E-state index contributed by atoms with van der Waals surface area (Å²) < 4.78 is 41.3. The van der Waals surface area contributed by atoms with Crippen molar-refractivity contribution in [1.29, 1.82) is 0 Å². The molecule has 11 heteroatoms. The van der Waals surface area contributed by atoms with Crippen molar-refractivity contribution < 1.29 is 22.4 Å². The largest absolute Gasteiger partial charge is 0.459 e. The molecule has 0 bridgehead atoms. The first-order valence-corrected chi connectivity index (χ1v) is 8.04. The molecule has 0 saturated carbocycles. The first kappa shape index (κ1) is 20.0. The van der Waals surface area contributed by atoms with Crippen molar-refractivity contribution in [2.75, 3.05) is 5.32 Å². The van der Waals surface area contributed by atoms with Gasteiger partial charge in [-0.2, -0.15) is 13.2 Å². The molecule has 0 radical (unpaired) electrons. The third kappa shape index (κ3) is 5.34. The van der Waals surface area contributed by atoms with Crippen LogP contribution in [-0.4, -0.2) is 15.9 Å². The minimum absolute atomic E-state index is 0.0560. The molecule has 0 aliphatic rings. The van der Waals surface area contributed by atoms with Gasteiger partial charge in [-0.15, -0.1) is 0 Å². The van der Waals surface area contributed by atoms with Crippen molar-refractivity contribution in [2.45, 2.75) is 16.1 Å². The normalized spacial score (nSPS) is 13.4. The van der Waals surface area contributed by atoms with Gasteiger partial charge < -0.3 is 15.1 Å². The Balaban J connectivity index is 2.27. The number of alkyl halides is 6. The highest BCUT2D eigenvalue weighted by Gasteiger charge is 2.36. The number of amides is 1. The van der Waals surface area contributed by atoms with Crippen molar-refractivity contribution in [3.63, 3.8) is 0 Å². The quantitative estimate of drug-likeness (QED) is 0.493. The predicted octanol–water partition coefficient (Wildman–Crippen LogP) is 5.49. The third-order valence-corrected chi connectivity index (χ3v) is 3.93. The zero-order chi connectivity index (χ0) is 18.8. The number of halogens is 7. The van der Waals surface area contributed by atoms with Gasteiger partial charge in [-0.3, -0.25) is 4.79 Å². The van der Waals surface area contributed by atoms with Gasteiger partial charge in [0.15, 0.2) is 5.76 Å². The van der Waals surface area contributed by atoms with Crippen LogP contribution in [0.1, 0.15) is 16.1 Å². The summed E-state index contributed by atoms with van der Waals surface area (Å²) in [5.74, 6) is -0.812. The molecular formula is C14H9Cl4F3N2O2. The second-order valence-corrected chi connectivity index (χ2v) is 7.54. The average Bonchev–Trinajstić information content (AvgIpc) is 3.00. The Morgan fingerprint density at radius 3 is 2.36 bits per heavy atom. The topological polar surface area (TPSA) is 54.3 Å². The standard InChI is InChI=1S/C14H9Cl4F3N2O2/c15-8-4-3-7(14(19,20)21)6-9(8)22-12(13(16,17)18)23-11(24)10-2-1-5-25-10/h1-6,12,22H,(H,23,24)/t12-/m1/s1. The van der Waals surface area contributed by atoms with Crippen molar-refractivity contribution >= 4 is 58.0 Å². The highest BCUT2D eigenvalue weighted by atomic mass is 35.6. The maximum atomic E-state index is 12.8.